The van der Waals surface area contributed by atoms with E-state index in [0.717, 1.165) is 31.5 Å². The zero-order chi connectivity index (χ0) is 11.3. The van der Waals surface area contributed by atoms with Gasteiger partial charge in [-0.1, -0.05) is 40.0 Å². The van der Waals surface area contributed by atoms with E-state index in [2.05, 4.69) is 26.1 Å². The molecule has 0 radical (unpaired) electrons. The molecule has 0 aromatic heterocycles. The molecule has 0 heterocycles. The van der Waals surface area contributed by atoms with Crippen molar-refractivity contribution in [1.82, 2.24) is 5.32 Å². The Labute approximate surface area is 94.8 Å². The Kier molecular flexibility index (Phi) is 5.07. The number of hydrogen-bond acceptors (Lipinski definition) is 2. The number of rotatable bonds is 6. The van der Waals surface area contributed by atoms with Gasteiger partial charge in [-0.2, -0.15) is 0 Å². The highest BCUT2D eigenvalue weighted by Crippen LogP contribution is 2.42. The van der Waals surface area contributed by atoms with E-state index in [9.17, 15) is 0 Å². The van der Waals surface area contributed by atoms with E-state index in [-0.39, 0.29) is 0 Å². The zero-order valence-electron chi connectivity index (χ0n) is 10.8. The van der Waals surface area contributed by atoms with Crippen LogP contribution in [0.5, 0.6) is 0 Å². The van der Waals surface area contributed by atoms with E-state index in [1.807, 2.05) is 0 Å². The van der Waals surface area contributed by atoms with Gasteiger partial charge in [0.2, 0.25) is 0 Å². The third-order valence-corrected chi connectivity index (χ3v) is 3.68. The molecule has 2 nitrogen and oxygen atoms in total. The van der Waals surface area contributed by atoms with E-state index >= 15 is 0 Å². The minimum Gasteiger partial charge on any atom is -0.383 e. The Morgan fingerprint density at radius 3 is 2.40 bits per heavy atom. The van der Waals surface area contributed by atoms with Crippen molar-refractivity contribution in [2.45, 2.75) is 40.0 Å². The minimum absolute atomic E-state index is 0.436. The van der Waals surface area contributed by atoms with Crippen molar-refractivity contribution < 1.29 is 4.74 Å². The summed E-state index contributed by atoms with van der Waals surface area (Å²) in [5.74, 6) is 1.78. The normalized spacial score (nSPS) is 20.0. The van der Waals surface area contributed by atoms with Crippen LogP contribution in [0.1, 0.15) is 40.0 Å². The predicted molar refractivity (Wildman–Crippen MR) is 65.0 cm³/mol. The Morgan fingerprint density at radius 1 is 1.33 bits per heavy atom. The van der Waals surface area contributed by atoms with Crippen molar-refractivity contribution in [3.8, 4) is 0 Å². The highest BCUT2D eigenvalue weighted by atomic mass is 16.5. The second-order valence-electron chi connectivity index (χ2n) is 5.86. The molecular weight excluding hydrogens is 186 g/mol. The number of methoxy groups -OCH3 is 1. The molecule has 15 heavy (non-hydrogen) atoms. The van der Waals surface area contributed by atoms with Crippen LogP contribution in [0.2, 0.25) is 0 Å². The molecule has 1 fully saturated rings. The van der Waals surface area contributed by atoms with Gasteiger partial charge < -0.3 is 10.1 Å². The maximum atomic E-state index is 5.05. The second kappa shape index (κ2) is 5.86. The molecule has 1 rings (SSSR count). The summed E-state index contributed by atoms with van der Waals surface area (Å²) in [4.78, 5) is 0. The van der Waals surface area contributed by atoms with Crippen LogP contribution in [0.3, 0.4) is 0 Å². The molecule has 1 N–H and O–H groups in total. The molecule has 0 saturated heterocycles. The first-order chi connectivity index (χ1) is 7.05. The molecule has 0 bridgehead atoms. The standard InChI is InChI=1S/C13H27NO/c1-13(2,3)12(11-6-5-7-11)10-14-8-9-15-4/h11-12,14H,5-10H2,1-4H3. The van der Waals surface area contributed by atoms with Crippen LogP contribution in [0.25, 0.3) is 0 Å². The van der Waals surface area contributed by atoms with Gasteiger partial charge in [0.1, 0.15) is 0 Å². The third kappa shape index (κ3) is 4.12. The van der Waals surface area contributed by atoms with Gasteiger partial charge in [-0.25, -0.2) is 0 Å². The Hall–Kier alpha value is -0.0800. The molecule has 0 spiro atoms. The van der Waals surface area contributed by atoms with Crippen LogP contribution in [0, 0.1) is 17.3 Å². The van der Waals surface area contributed by atoms with Crippen LogP contribution < -0.4 is 5.32 Å². The van der Waals surface area contributed by atoms with Crippen LogP contribution in [0.4, 0.5) is 0 Å². The highest BCUT2D eigenvalue weighted by Gasteiger charge is 2.34. The summed E-state index contributed by atoms with van der Waals surface area (Å²) >= 11 is 0. The summed E-state index contributed by atoms with van der Waals surface area (Å²) in [6.45, 7) is 10.1. The van der Waals surface area contributed by atoms with Crippen molar-refractivity contribution in [2.24, 2.45) is 17.3 Å². The fraction of sp³-hybridized carbons (Fsp3) is 1.00. The van der Waals surface area contributed by atoms with Crippen molar-refractivity contribution >= 4 is 0 Å². The first kappa shape index (κ1) is 13.0. The summed E-state index contributed by atoms with van der Waals surface area (Å²) in [6.07, 6.45) is 4.32. The van der Waals surface area contributed by atoms with Crippen molar-refractivity contribution in [3.05, 3.63) is 0 Å². The van der Waals surface area contributed by atoms with Gasteiger partial charge in [-0.15, -0.1) is 0 Å². The van der Waals surface area contributed by atoms with Gasteiger partial charge in [0, 0.05) is 13.7 Å². The molecule has 0 amide bonds. The fourth-order valence-corrected chi connectivity index (χ4v) is 2.45. The Balaban J connectivity index is 2.29. The summed E-state index contributed by atoms with van der Waals surface area (Å²) in [7, 11) is 1.76. The van der Waals surface area contributed by atoms with Crippen molar-refractivity contribution in [3.63, 3.8) is 0 Å². The van der Waals surface area contributed by atoms with Gasteiger partial charge in [0.25, 0.3) is 0 Å². The fourth-order valence-electron chi connectivity index (χ4n) is 2.45. The van der Waals surface area contributed by atoms with Crippen LogP contribution in [-0.2, 0) is 4.74 Å². The first-order valence-corrected chi connectivity index (χ1v) is 6.25. The minimum atomic E-state index is 0.436. The SMILES string of the molecule is COCCNCC(C1CCC1)C(C)(C)C. The average molecular weight is 213 g/mol. The molecule has 1 atom stereocenters. The van der Waals surface area contributed by atoms with Crippen LogP contribution in [0.15, 0.2) is 0 Å². The van der Waals surface area contributed by atoms with Crippen LogP contribution in [-0.4, -0.2) is 26.8 Å². The first-order valence-electron chi connectivity index (χ1n) is 6.25. The lowest BCUT2D eigenvalue weighted by atomic mass is 9.65. The predicted octanol–water partition coefficient (Wildman–Crippen LogP) is 2.68. The van der Waals surface area contributed by atoms with E-state index in [0.29, 0.717) is 5.41 Å². The van der Waals surface area contributed by atoms with Gasteiger partial charge in [-0.05, 0) is 23.8 Å². The molecule has 1 saturated carbocycles. The van der Waals surface area contributed by atoms with Crippen molar-refractivity contribution in [2.75, 3.05) is 26.8 Å². The molecule has 0 aromatic carbocycles. The van der Waals surface area contributed by atoms with Crippen molar-refractivity contribution in [1.29, 1.82) is 0 Å². The molecule has 90 valence electrons. The maximum absolute atomic E-state index is 5.05. The molecule has 1 aliphatic carbocycles. The quantitative estimate of drug-likeness (QED) is 0.685. The van der Waals surface area contributed by atoms with Gasteiger partial charge in [0.15, 0.2) is 0 Å². The smallest absolute Gasteiger partial charge is 0.0587 e. The maximum Gasteiger partial charge on any atom is 0.0587 e. The summed E-state index contributed by atoms with van der Waals surface area (Å²) < 4.78 is 5.05. The van der Waals surface area contributed by atoms with E-state index in [1.165, 1.54) is 19.3 Å². The highest BCUT2D eigenvalue weighted by molar-refractivity contribution is 4.86. The van der Waals surface area contributed by atoms with Gasteiger partial charge in [-0.3, -0.25) is 0 Å². The third-order valence-electron chi connectivity index (χ3n) is 3.68. The molecule has 1 aliphatic rings. The molecule has 1 unspecified atom stereocenters. The summed E-state index contributed by atoms with van der Waals surface area (Å²) in [5.41, 5.74) is 0.436. The number of hydrogen-bond donors (Lipinski definition) is 1. The van der Waals surface area contributed by atoms with Gasteiger partial charge >= 0.3 is 0 Å². The number of nitrogens with one attached hydrogen (secondary N) is 1. The Bertz CT molecular complexity index is 170. The molecule has 0 aliphatic heterocycles. The lowest BCUT2D eigenvalue weighted by Crippen LogP contribution is -2.40. The molecular formula is C13H27NO. The van der Waals surface area contributed by atoms with Crippen LogP contribution >= 0.6 is 0 Å². The average Bonchev–Trinajstić information content (AvgIpc) is 2.05. The molecule has 0 aromatic rings. The number of ether oxygens (including phenoxy) is 1. The Morgan fingerprint density at radius 2 is 2.00 bits per heavy atom. The van der Waals surface area contributed by atoms with E-state index in [1.54, 1.807) is 7.11 Å². The topological polar surface area (TPSA) is 21.3 Å². The van der Waals surface area contributed by atoms with Gasteiger partial charge in [0.05, 0.1) is 6.61 Å². The second-order valence-corrected chi connectivity index (χ2v) is 5.86. The summed E-state index contributed by atoms with van der Waals surface area (Å²) in [5, 5.41) is 3.52. The largest absolute Gasteiger partial charge is 0.383 e. The van der Waals surface area contributed by atoms with E-state index < -0.39 is 0 Å². The molecule has 2 heteroatoms. The monoisotopic (exact) mass is 213 g/mol. The lowest BCUT2D eigenvalue weighted by Gasteiger charge is -2.42. The van der Waals surface area contributed by atoms with E-state index in [4.69, 9.17) is 4.74 Å². The summed E-state index contributed by atoms with van der Waals surface area (Å²) in [6, 6.07) is 0. The zero-order valence-corrected chi connectivity index (χ0v) is 10.8. The lowest BCUT2D eigenvalue weighted by molar-refractivity contribution is 0.0930.